The maximum absolute atomic E-state index is 4.72. The molecule has 2 rings (SSSR count). The van der Waals surface area contributed by atoms with E-state index in [0.717, 1.165) is 26.2 Å². The number of aromatic nitrogens is 1. The van der Waals surface area contributed by atoms with Gasteiger partial charge in [-0.05, 0) is 34.1 Å². The average molecular weight is 279 g/mol. The van der Waals surface area contributed by atoms with Gasteiger partial charge in [0, 0.05) is 37.1 Å². The minimum absolute atomic E-state index is 0.154. The second-order valence-electron chi connectivity index (χ2n) is 6.37. The summed E-state index contributed by atoms with van der Waals surface area (Å²) < 4.78 is 0. The Balaban J connectivity index is 1.84. The number of hydrogen-bond acceptors (Lipinski definition) is 4. The summed E-state index contributed by atoms with van der Waals surface area (Å²) >= 11 is 1.76. The number of thiazole rings is 1. The Morgan fingerprint density at radius 1 is 1.42 bits per heavy atom. The molecule has 1 aromatic heterocycles. The van der Waals surface area contributed by atoms with E-state index in [0.29, 0.717) is 0 Å². The van der Waals surface area contributed by atoms with E-state index in [-0.39, 0.29) is 5.54 Å². The average Bonchev–Trinajstić information content (AvgIpc) is 2.77. The minimum Gasteiger partial charge on any atom is -0.306 e. The summed E-state index contributed by atoms with van der Waals surface area (Å²) in [6.07, 6.45) is 3.53. The first-order valence-electron chi connectivity index (χ1n) is 6.99. The van der Waals surface area contributed by atoms with Crippen molar-refractivity contribution < 1.29 is 0 Å². The summed E-state index contributed by atoms with van der Waals surface area (Å²) in [5, 5.41) is 6.87. The highest BCUT2D eigenvalue weighted by molar-refractivity contribution is 7.09. The highest BCUT2D eigenvalue weighted by Gasteiger charge is 2.13. The third-order valence-electron chi connectivity index (χ3n) is 3.28. The lowest BCUT2D eigenvalue weighted by Gasteiger charge is -2.24. The molecule has 3 nitrogen and oxygen atoms in total. The van der Waals surface area contributed by atoms with Crippen LogP contribution in [0.2, 0.25) is 0 Å². The van der Waals surface area contributed by atoms with Gasteiger partial charge in [0.05, 0.1) is 5.69 Å². The summed E-state index contributed by atoms with van der Waals surface area (Å²) in [6.45, 7) is 12.9. The fraction of sp³-hybridized carbons (Fsp3) is 0.667. The third-order valence-corrected chi connectivity index (χ3v) is 4.17. The molecule has 2 heterocycles. The van der Waals surface area contributed by atoms with Gasteiger partial charge in [0.2, 0.25) is 0 Å². The van der Waals surface area contributed by atoms with Gasteiger partial charge in [0.25, 0.3) is 0 Å². The lowest BCUT2D eigenvalue weighted by atomic mass is 10.1. The normalized spacial score (nSPS) is 17.6. The van der Waals surface area contributed by atoms with Crippen LogP contribution in [0.5, 0.6) is 0 Å². The Hall–Kier alpha value is -0.710. The summed E-state index contributed by atoms with van der Waals surface area (Å²) in [5.74, 6) is 0. The Kier molecular flexibility index (Phi) is 4.76. The van der Waals surface area contributed by atoms with Crippen molar-refractivity contribution in [2.75, 3.05) is 13.1 Å². The van der Waals surface area contributed by atoms with Crippen LogP contribution in [0.3, 0.4) is 0 Å². The van der Waals surface area contributed by atoms with Gasteiger partial charge in [-0.1, -0.05) is 11.6 Å². The van der Waals surface area contributed by atoms with E-state index in [1.807, 2.05) is 0 Å². The van der Waals surface area contributed by atoms with E-state index in [1.54, 1.807) is 11.3 Å². The monoisotopic (exact) mass is 279 g/mol. The first-order valence-corrected chi connectivity index (χ1v) is 7.87. The molecule has 0 spiro atoms. The van der Waals surface area contributed by atoms with E-state index in [9.17, 15) is 0 Å². The third kappa shape index (κ3) is 5.05. The van der Waals surface area contributed by atoms with Crippen LogP contribution in [0.25, 0.3) is 0 Å². The molecule has 1 N–H and O–H groups in total. The molecule has 0 atom stereocenters. The molecule has 4 heteroatoms. The van der Waals surface area contributed by atoms with Crippen LogP contribution in [0.1, 0.15) is 44.8 Å². The summed E-state index contributed by atoms with van der Waals surface area (Å²) in [4.78, 5) is 7.18. The molecule has 19 heavy (non-hydrogen) atoms. The molecule has 1 aromatic rings. The number of hydrogen-bond donors (Lipinski definition) is 1. The number of rotatable bonds is 4. The second-order valence-corrected chi connectivity index (χ2v) is 7.31. The number of nitrogens with one attached hydrogen (secondary N) is 1. The van der Waals surface area contributed by atoms with Gasteiger partial charge in [-0.2, -0.15) is 0 Å². The van der Waals surface area contributed by atoms with Crippen molar-refractivity contribution in [3.05, 3.63) is 27.7 Å². The van der Waals surface area contributed by atoms with Gasteiger partial charge in [-0.15, -0.1) is 11.3 Å². The predicted octanol–water partition coefficient (Wildman–Crippen LogP) is 3.18. The van der Waals surface area contributed by atoms with Gasteiger partial charge >= 0.3 is 0 Å². The van der Waals surface area contributed by atoms with Crippen molar-refractivity contribution in [3.8, 4) is 0 Å². The molecule has 0 saturated heterocycles. The van der Waals surface area contributed by atoms with Crippen molar-refractivity contribution in [3.63, 3.8) is 0 Å². The van der Waals surface area contributed by atoms with E-state index in [1.165, 1.54) is 22.7 Å². The quantitative estimate of drug-likeness (QED) is 0.858. The van der Waals surface area contributed by atoms with Crippen LogP contribution >= 0.6 is 11.3 Å². The Morgan fingerprint density at radius 3 is 2.84 bits per heavy atom. The first-order chi connectivity index (χ1) is 8.92. The lowest BCUT2D eigenvalue weighted by molar-refractivity contribution is 0.283. The number of nitrogens with zero attached hydrogens (tertiary/aromatic N) is 2. The highest BCUT2D eigenvalue weighted by Crippen LogP contribution is 2.16. The molecular weight excluding hydrogens is 254 g/mol. The van der Waals surface area contributed by atoms with E-state index in [2.05, 4.69) is 49.4 Å². The molecule has 0 bridgehead atoms. The van der Waals surface area contributed by atoms with Crippen molar-refractivity contribution in [2.24, 2.45) is 0 Å². The van der Waals surface area contributed by atoms with Crippen LogP contribution in [0.4, 0.5) is 0 Å². The topological polar surface area (TPSA) is 28.2 Å². The Morgan fingerprint density at radius 2 is 2.21 bits per heavy atom. The summed E-state index contributed by atoms with van der Waals surface area (Å²) in [7, 11) is 0. The second kappa shape index (κ2) is 6.16. The highest BCUT2D eigenvalue weighted by atomic mass is 32.1. The largest absolute Gasteiger partial charge is 0.306 e. The van der Waals surface area contributed by atoms with Gasteiger partial charge < -0.3 is 5.32 Å². The smallest absolute Gasteiger partial charge is 0.107 e. The van der Waals surface area contributed by atoms with Gasteiger partial charge in [-0.25, -0.2) is 4.98 Å². The SMILES string of the molecule is CC1=CCN(Cc2csc(CNC(C)(C)C)n2)CC1. The maximum atomic E-state index is 4.72. The molecule has 1 aliphatic heterocycles. The first kappa shape index (κ1) is 14.7. The molecule has 1 aliphatic rings. The van der Waals surface area contributed by atoms with Crippen LogP contribution in [-0.2, 0) is 13.1 Å². The minimum atomic E-state index is 0.154. The van der Waals surface area contributed by atoms with Gasteiger partial charge in [-0.3, -0.25) is 4.90 Å². The molecule has 0 aromatic carbocycles. The van der Waals surface area contributed by atoms with Crippen molar-refractivity contribution in [2.45, 2.75) is 52.7 Å². The van der Waals surface area contributed by atoms with Crippen molar-refractivity contribution >= 4 is 11.3 Å². The molecular formula is C15H25N3S. The molecule has 0 amide bonds. The van der Waals surface area contributed by atoms with Gasteiger partial charge in [0.1, 0.15) is 5.01 Å². The van der Waals surface area contributed by atoms with E-state index >= 15 is 0 Å². The standard InChI is InChI=1S/C15H25N3S/c1-12-5-7-18(8-6-12)10-13-11-19-14(17-13)9-16-15(2,3)4/h5,11,16H,6-10H2,1-4H3. The van der Waals surface area contributed by atoms with Crippen molar-refractivity contribution in [1.82, 2.24) is 15.2 Å². The van der Waals surface area contributed by atoms with Crippen LogP contribution in [0.15, 0.2) is 17.0 Å². The summed E-state index contributed by atoms with van der Waals surface area (Å²) in [6, 6.07) is 0. The van der Waals surface area contributed by atoms with Crippen LogP contribution in [0, 0.1) is 0 Å². The Labute approximate surface area is 120 Å². The molecule has 0 saturated carbocycles. The molecule has 106 valence electrons. The zero-order valence-electron chi connectivity index (χ0n) is 12.5. The summed E-state index contributed by atoms with van der Waals surface area (Å²) in [5.41, 5.74) is 2.88. The fourth-order valence-corrected chi connectivity index (χ4v) is 2.75. The van der Waals surface area contributed by atoms with Crippen LogP contribution < -0.4 is 5.32 Å². The predicted molar refractivity (Wildman–Crippen MR) is 82.4 cm³/mol. The lowest BCUT2D eigenvalue weighted by Crippen LogP contribution is -2.35. The zero-order chi connectivity index (χ0) is 13.9. The molecule has 0 radical (unpaired) electrons. The molecule has 0 aliphatic carbocycles. The van der Waals surface area contributed by atoms with E-state index < -0.39 is 0 Å². The van der Waals surface area contributed by atoms with E-state index in [4.69, 9.17) is 4.98 Å². The van der Waals surface area contributed by atoms with Gasteiger partial charge in [0.15, 0.2) is 0 Å². The Bertz CT molecular complexity index is 442. The zero-order valence-corrected chi connectivity index (χ0v) is 13.3. The van der Waals surface area contributed by atoms with Crippen LogP contribution in [-0.4, -0.2) is 28.5 Å². The molecule has 0 fully saturated rings. The fourth-order valence-electron chi connectivity index (χ4n) is 2.03. The van der Waals surface area contributed by atoms with Crippen molar-refractivity contribution in [1.29, 1.82) is 0 Å². The molecule has 0 unspecified atom stereocenters. The maximum Gasteiger partial charge on any atom is 0.107 e.